The van der Waals surface area contributed by atoms with Gasteiger partial charge in [-0.3, -0.25) is 0 Å². The Morgan fingerprint density at radius 2 is 2.10 bits per heavy atom. The van der Waals surface area contributed by atoms with E-state index in [1.807, 2.05) is 0 Å². The van der Waals surface area contributed by atoms with E-state index in [2.05, 4.69) is 4.98 Å². The number of aromatic nitrogens is 1. The highest BCUT2D eigenvalue weighted by Gasteiger charge is 2.20. The van der Waals surface area contributed by atoms with Gasteiger partial charge in [0.05, 0.1) is 11.8 Å². The zero-order valence-corrected chi connectivity index (χ0v) is 10.6. The molecule has 0 amide bonds. The van der Waals surface area contributed by atoms with Gasteiger partial charge in [0.1, 0.15) is 17.0 Å². The monoisotopic (exact) mass is 271 g/mol. The van der Waals surface area contributed by atoms with Crippen LogP contribution >= 0.6 is 0 Å². The minimum atomic E-state index is -1.12. The van der Waals surface area contributed by atoms with E-state index in [9.17, 15) is 14.3 Å². The van der Waals surface area contributed by atoms with Crippen LogP contribution in [0.1, 0.15) is 15.9 Å². The molecular formula is C15H10FNO3. The summed E-state index contributed by atoms with van der Waals surface area (Å²) >= 11 is 0. The summed E-state index contributed by atoms with van der Waals surface area (Å²) in [6, 6.07) is 7.60. The minimum Gasteiger partial charge on any atom is -0.478 e. The molecule has 2 aromatic heterocycles. The lowest BCUT2D eigenvalue weighted by Gasteiger charge is -2.10. The quantitative estimate of drug-likeness (QED) is 0.772. The number of carboxylic acids is 1. The topological polar surface area (TPSA) is 63.3 Å². The van der Waals surface area contributed by atoms with Gasteiger partial charge in [-0.1, -0.05) is 12.1 Å². The van der Waals surface area contributed by atoms with E-state index in [-0.39, 0.29) is 16.5 Å². The highest BCUT2D eigenvalue weighted by Crippen LogP contribution is 2.30. The smallest absolute Gasteiger partial charge is 0.336 e. The number of carbonyl (C=O) groups is 1. The Balaban J connectivity index is 2.47. The number of pyridine rings is 1. The lowest BCUT2D eigenvalue weighted by Crippen LogP contribution is -2.05. The predicted molar refractivity (Wildman–Crippen MR) is 71.1 cm³/mol. The maximum Gasteiger partial charge on any atom is 0.336 e. The van der Waals surface area contributed by atoms with E-state index in [0.717, 1.165) is 0 Å². The van der Waals surface area contributed by atoms with Gasteiger partial charge in [0, 0.05) is 5.39 Å². The van der Waals surface area contributed by atoms with Crippen molar-refractivity contribution in [3.63, 3.8) is 0 Å². The molecule has 0 spiro atoms. The van der Waals surface area contributed by atoms with Crippen LogP contribution in [0.25, 0.3) is 22.4 Å². The summed E-state index contributed by atoms with van der Waals surface area (Å²) in [5, 5.41) is 9.68. The fraction of sp³-hybridized carbons (Fsp3) is 0.0667. The third-order valence-electron chi connectivity index (χ3n) is 3.18. The molecule has 100 valence electrons. The van der Waals surface area contributed by atoms with Gasteiger partial charge in [-0.15, -0.1) is 0 Å². The van der Waals surface area contributed by atoms with Crippen LogP contribution in [-0.2, 0) is 0 Å². The molecule has 0 atom stereocenters. The van der Waals surface area contributed by atoms with Gasteiger partial charge in [-0.2, -0.15) is 0 Å². The standard InChI is InChI=1S/C15H10FNO3/c1-8-12(15(18)19)9-4-2-5-10(16)14(9)17-13(8)11-6-3-7-20-11/h2-7H,1H3,(H,18,19). The third kappa shape index (κ3) is 1.75. The molecule has 2 heterocycles. The first kappa shape index (κ1) is 12.3. The van der Waals surface area contributed by atoms with Crippen LogP contribution in [0.15, 0.2) is 41.0 Å². The van der Waals surface area contributed by atoms with E-state index in [1.54, 1.807) is 25.1 Å². The molecule has 20 heavy (non-hydrogen) atoms. The summed E-state index contributed by atoms with van der Waals surface area (Å²) in [6.45, 7) is 1.64. The van der Waals surface area contributed by atoms with E-state index < -0.39 is 11.8 Å². The number of hydrogen-bond donors (Lipinski definition) is 1. The largest absolute Gasteiger partial charge is 0.478 e. The number of nitrogens with zero attached hydrogens (tertiary/aromatic N) is 1. The Labute approximate surface area is 113 Å². The average Bonchev–Trinajstić information content (AvgIpc) is 2.91. The lowest BCUT2D eigenvalue weighted by atomic mass is 10.0. The maximum atomic E-state index is 13.9. The Morgan fingerprint density at radius 1 is 1.30 bits per heavy atom. The summed E-state index contributed by atoms with van der Waals surface area (Å²) < 4.78 is 19.1. The summed E-state index contributed by atoms with van der Waals surface area (Å²) in [5.74, 6) is -1.26. The molecule has 0 saturated carbocycles. The number of rotatable bonds is 2. The molecular weight excluding hydrogens is 261 g/mol. The van der Waals surface area contributed by atoms with Gasteiger partial charge in [-0.05, 0) is 30.7 Å². The second kappa shape index (κ2) is 4.45. The molecule has 1 aromatic carbocycles. The molecule has 0 unspecified atom stereocenters. The summed E-state index contributed by atoms with van der Waals surface area (Å²) in [5.41, 5.74) is 0.860. The SMILES string of the molecule is Cc1c(-c2ccco2)nc2c(F)cccc2c1C(=O)O. The Kier molecular flexibility index (Phi) is 2.75. The van der Waals surface area contributed by atoms with Crippen molar-refractivity contribution in [1.82, 2.24) is 4.98 Å². The van der Waals surface area contributed by atoms with Crippen LogP contribution in [0, 0.1) is 12.7 Å². The zero-order chi connectivity index (χ0) is 14.3. The fourth-order valence-electron chi connectivity index (χ4n) is 2.28. The normalized spacial score (nSPS) is 10.9. The maximum absolute atomic E-state index is 13.9. The van der Waals surface area contributed by atoms with Gasteiger partial charge < -0.3 is 9.52 Å². The first-order chi connectivity index (χ1) is 9.59. The summed E-state index contributed by atoms with van der Waals surface area (Å²) in [4.78, 5) is 15.7. The third-order valence-corrected chi connectivity index (χ3v) is 3.18. The number of hydrogen-bond acceptors (Lipinski definition) is 3. The van der Waals surface area contributed by atoms with Gasteiger partial charge >= 0.3 is 5.97 Å². The Bertz CT molecular complexity index is 810. The predicted octanol–water partition coefficient (Wildman–Crippen LogP) is 3.64. The Hall–Kier alpha value is -2.69. The molecule has 0 fully saturated rings. The van der Waals surface area contributed by atoms with Crippen molar-refractivity contribution in [2.24, 2.45) is 0 Å². The highest BCUT2D eigenvalue weighted by molar-refractivity contribution is 6.05. The number of furan rings is 1. The molecule has 5 heteroatoms. The van der Waals surface area contributed by atoms with Crippen molar-refractivity contribution >= 4 is 16.9 Å². The van der Waals surface area contributed by atoms with E-state index >= 15 is 0 Å². The second-order valence-electron chi connectivity index (χ2n) is 4.38. The Morgan fingerprint density at radius 3 is 2.75 bits per heavy atom. The molecule has 0 saturated heterocycles. The van der Waals surface area contributed by atoms with Crippen molar-refractivity contribution in [3.05, 3.63) is 53.5 Å². The van der Waals surface area contributed by atoms with Crippen molar-refractivity contribution in [2.75, 3.05) is 0 Å². The number of para-hydroxylation sites is 1. The highest BCUT2D eigenvalue weighted by atomic mass is 19.1. The van der Waals surface area contributed by atoms with Gasteiger partial charge in [-0.25, -0.2) is 14.2 Å². The van der Waals surface area contributed by atoms with Crippen LogP contribution < -0.4 is 0 Å². The number of fused-ring (bicyclic) bond motifs is 1. The molecule has 0 aliphatic rings. The number of benzene rings is 1. The van der Waals surface area contributed by atoms with E-state index in [1.165, 1.54) is 18.4 Å². The molecule has 4 nitrogen and oxygen atoms in total. The van der Waals surface area contributed by atoms with E-state index in [4.69, 9.17) is 4.42 Å². The molecule has 1 N–H and O–H groups in total. The van der Waals surface area contributed by atoms with Gasteiger partial charge in [0.2, 0.25) is 0 Å². The summed E-state index contributed by atoms with van der Waals surface area (Å²) in [6.07, 6.45) is 1.46. The number of carboxylic acid groups (broad SMARTS) is 1. The van der Waals surface area contributed by atoms with Crippen LogP contribution in [0.4, 0.5) is 4.39 Å². The first-order valence-electron chi connectivity index (χ1n) is 5.95. The van der Waals surface area contributed by atoms with E-state index in [0.29, 0.717) is 17.0 Å². The number of halogens is 1. The molecule has 0 bridgehead atoms. The van der Waals surface area contributed by atoms with Crippen LogP contribution in [0.5, 0.6) is 0 Å². The van der Waals surface area contributed by atoms with Gasteiger partial charge in [0.25, 0.3) is 0 Å². The molecule has 0 radical (unpaired) electrons. The van der Waals surface area contributed by atoms with Crippen molar-refractivity contribution < 1.29 is 18.7 Å². The fourth-order valence-corrected chi connectivity index (χ4v) is 2.28. The summed E-state index contributed by atoms with van der Waals surface area (Å²) in [7, 11) is 0. The first-order valence-corrected chi connectivity index (χ1v) is 5.95. The number of aromatic carboxylic acids is 1. The lowest BCUT2D eigenvalue weighted by molar-refractivity contribution is 0.0698. The minimum absolute atomic E-state index is 0.0295. The van der Waals surface area contributed by atoms with Crippen LogP contribution in [-0.4, -0.2) is 16.1 Å². The molecule has 0 aliphatic carbocycles. The average molecular weight is 271 g/mol. The molecule has 0 aliphatic heterocycles. The molecule has 3 aromatic rings. The zero-order valence-electron chi connectivity index (χ0n) is 10.6. The van der Waals surface area contributed by atoms with Crippen LogP contribution in [0.3, 0.4) is 0 Å². The second-order valence-corrected chi connectivity index (χ2v) is 4.38. The van der Waals surface area contributed by atoms with Crippen molar-refractivity contribution in [2.45, 2.75) is 6.92 Å². The van der Waals surface area contributed by atoms with Gasteiger partial charge in [0.15, 0.2) is 5.76 Å². The van der Waals surface area contributed by atoms with Crippen LogP contribution in [0.2, 0.25) is 0 Å². The molecule has 3 rings (SSSR count). The van der Waals surface area contributed by atoms with Crippen molar-refractivity contribution in [3.8, 4) is 11.5 Å². The van der Waals surface area contributed by atoms with Crippen molar-refractivity contribution in [1.29, 1.82) is 0 Å².